The molecule has 1 heterocycles. The molecular weight excluding hydrogens is 657 g/mol. The Kier molecular flexibility index (Phi) is 9.47. The molecule has 1 aliphatic heterocycles. The number of carboxylic acid groups (broad SMARTS) is 1. The lowest BCUT2D eigenvalue weighted by Gasteiger charge is -2.73. The van der Waals surface area contributed by atoms with E-state index < -0.39 is 11.6 Å². The fourth-order valence-electron chi connectivity index (χ4n) is 14.7. The van der Waals surface area contributed by atoms with E-state index in [-0.39, 0.29) is 33.3 Å². The van der Waals surface area contributed by atoms with Gasteiger partial charge in [-0.1, -0.05) is 65.0 Å². The average Bonchev–Trinajstić information content (AvgIpc) is 3.49. The molecule has 6 heteroatoms. The van der Waals surface area contributed by atoms with Gasteiger partial charge in [-0.3, -0.25) is 4.90 Å². The molecule has 1 N–H and O–H groups in total. The van der Waals surface area contributed by atoms with Crippen molar-refractivity contribution in [2.24, 2.45) is 51.2 Å². The Morgan fingerprint density at radius 3 is 2.25 bits per heavy atom. The van der Waals surface area contributed by atoms with Crippen LogP contribution in [-0.4, -0.2) is 64.3 Å². The average molecular weight is 727 g/mol. The monoisotopic (exact) mass is 727 g/mol. The Labute approximate surface area is 321 Å². The topological polar surface area (TPSA) is 70.1 Å². The fraction of sp³-hybridized carbons (Fsp3) is 0.745. The second-order valence-electron chi connectivity index (χ2n) is 21.0. The van der Waals surface area contributed by atoms with Crippen LogP contribution in [0.25, 0.3) is 5.57 Å². The van der Waals surface area contributed by atoms with Gasteiger partial charge in [-0.05, 0) is 180 Å². The van der Waals surface area contributed by atoms with Crippen LogP contribution in [0, 0.1) is 51.2 Å². The SMILES string of the molecule is C=C(C)[C@@H]1CC[C@]2(N(C)C3CCCN(C(=O)OC(C)(C)C)C3)CC[C@]3(C)[C@H](CC[C@@H]4[C@@]5(C)CC=C(c6ccc(C(=O)O)cc6)C(C)(C)[C@@H]5CC[C@]43C)[C@@H]12. The summed E-state index contributed by atoms with van der Waals surface area (Å²) in [5, 5.41) is 9.53. The Bertz CT molecular complexity index is 1650. The highest BCUT2D eigenvalue weighted by atomic mass is 16.6. The Morgan fingerprint density at radius 1 is 0.906 bits per heavy atom. The van der Waals surface area contributed by atoms with Gasteiger partial charge >= 0.3 is 12.1 Å². The van der Waals surface area contributed by atoms with Gasteiger partial charge in [0.15, 0.2) is 0 Å². The van der Waals surface area contributed by atoms with E-state index in [4.69, 9.17) is 4.74 Å². The third-order valence-corrected chi connectivity index (χ3v) is 17.3. The number of hydrogen-bond donors (Lipinski definition) is 1. The highest BCUT2D eigenvalue weighted by molar-refractivity contribution is 5.88. The van der Waals surface area contributed by atoms with E-state index in [2.05, 4.69) is 66.1 Å². The van der Waals surface area contributed by atoms with Crippen LogP contribution in [-0.2, 0) is 4.74 Å². The van der Waals surface area contributed by atoms with Crippen LogP contribution >= 0.6 is 0 Å². The van der Waals surface area contributed by atoms with Crippen LogP contribution < -0.4 is 0 Å². The van der Waals surface area contributed by atoms with Gasteiger partial charge in [0.05, 0.1) is 5.56 Å². The fourth-order valence-corrected chi connectivity index (χ4v) is 14.7. The molecule has 4 saturated carbocycles. The van der Waals surface area contributed by atoms with Crippen molar-refractivity contribution in [2.75, 3.05) is 20.1 Å². The van der Waals surface area contributed by atoms with Crippen molar-refractivity contribution in [2.45, 2.75) is 150 Å². The van der Waals surface area contributed by atoms with E-state index in [0.717, 1.165) is 32.4 Å². The first kappa shape index (κ1) is 38.7. The molecular formula is C47H70N2O4. The number of likely N-dealkylation sites (N-methyl/N-ethyl adjacent to an activating group) is 1. The molecule has 5 aliphatic carbocycles. The molecule has 292 valence electrons. The van der Waals surface area contributed by atoms with Gasteiger partial charge in [0.1, 0.15) is 5.60 Å². The van der Waals surface area contributed by atoms with Gasteiger partial charge in [-0.25, -0.2) is 9.59 Å². The first-order valence-electron chi connectivity index (χ1n) is 21.1. The lowest BCUT2D eigenvalue weighted by Crippen LogP contribution is -2.69. The number of nitrogens with zero attached hydrogens (tertiary/aromatic N) is 2. The van der Waals surface area contributed by atoms with E-state index in [1.807, 2.05) is 37.8 Å². The summed E-state index contributed by atoms with van der Waals surface area (Å²) in [6.07, 6.45) is 15.7. The number of fused-ring (bicyclic) bond motifs is 7. The lowest BCUT2D eigenvalue weighted by molar-refractivity contribution is -0.229. The van der Waals surface area contributed by atoms with E-state index >= 15 is 0 Å². The van der Waals surface area contributed by atoms with Crippen LogP contribution in [0.3, 0.4) is 0 Å². The van der Waals surface area contributed by atoms with Gasteiger partial charge < -0.3 is 14.7 Å². The molecule has 1 aromatic rings. The van der Waals surface area contributed by atoms with E-state index in [9.17, 15) is 14.7 Å². The van der Waals surface area contributed by atoms with Crippen molar-refractivity contribution >= 4 is 17.6 Å². The van der Waals surface area contributed by atoms with Gasteiger partial charge in [-0.2, -0.15) is 0 Å². The zero-order valence-electron chi connectivity index (χ0n) is 34.8. The molecule has 1 amide bonds. The molecule has 7 rings (SSSR count). The van der Waals surface area contributed by atoms with Gasteiger partial charge in [-0.15, -0.1) is 0 Å². The number of carbonyl (C=O) groups excluding carboxylic acids is 1. The van der Waals surface area contributed by atoms with Crippen molar-refractivity contribution in [3.8, 4) is 0 Å². The van der Waals surface area contributed by atoms with Crippen molar-refractivity contribution in [3.63, 3.8) is 0 Å². The minimum absolute atomic E-state index is 0.00490. The summed E-state index contributed by atoms with van der Waals surface area (Å²) in [4.78, 5) is 29.7. The molecule has 0 spiro atoms. The number of aromatic carboxylic acids is 1. The molecule has 1 unspecified atom stereocenters. The molecule has 6 nitrogen and oxygen atoms in total. The maximum atomic E-state index is 13.3. The van der Waals surface area contributed by atoms with E-state index in [0.29, 0.717) is 41.2 Å². The number of hydrogen-bond acceptors (Lipinski definition) is 4. The maximum Gasteiger partial charge on any atom is 0.410 e. The molecule has 0 radical (unpaired) electrons. The predicted octanol–water partition coefficient (Wildman–Crippen LogP) is 11.1. The van der Waals surface area contributed by atoms with Gasteiger partial charge in [0, 0.05) is 24.7 Å². The standard InChI is InChI=1S/C47H70N2O4/c1-30(2)34-20-25-47(48(11)33-13-12-28-49(29-33)41(52)53-42(3,4)5)27-26-45(9)36(39(34)47)18-19-38-44(8)23-21-35(31-14-16-32(17-15-31)40(50)51)43(6,7)37(44)22-24-46(38,45)10/h14-17,21,33-34,36-39H,1,12-13,18-20,22-29H2,2-11H3,(H,50,51)/t33?,34-,36+,37-,38+,39+,44-,45+,46+,47-/m0/s1. The van der Waals surface area contributed by atoms with Crippen molar-refractivity contribution < 1.29 is 19.4 Å². The number of piperidine rings is 1. The minimum Gasteiger partial charge on any atom is -0.478 e. The number of benzene rings is 1. The third-order valence-electron chi connectivity index (χ3n) is 17.3. The van der Waals surface area contributed by atoms with Gasteiger partial charge in [0.2, 0.25) is 0 Å². The summed E-state index contributed by atoms with van der Waals surface area (Å²) < 4.78 is 5.86. The lowest BCUT2D eigenvalue weighted by atomic mass is 9.33. The molecule has 5 fully saturated rings. The minimum atomic E-state index is -0.866. The number of amides is 1. The van der Waals surface area contributed by atoms with Crippen LogP contribution in [0.2, 0.25) is 0 Å². The van der Waals surface area contributed by atoms with Gasteiger partial charge in [0.25, 0.3) is 0 Å². The molecule has 1 aromatic carbocycles. The third kappa shape index (κ3) is 5.88. The number of ether oxygens (including phenoxy) is 1. The normalized spacial score (nSPS) is 40.7. The molecule has 6 aliphatic rings. The van der Waals surface area contributed by atoms with Crippen LogP contribution in [0.4, 0.5) is 4.79 Å². The second kappa shape index (κ2) is 13.0. The maximum absolute atomic E-state index is 13.3. The number of carbonyl (C=O) groups is 2. The van der Waals surface area contributed by atoms with E-state index in [1.54, 1.807) is 12.1 Å². The zero-order valence-corrected chi connectivity index (χ0v) is 34.8. The number of carboxylic acids is 1. The van der Waals surface area contributed by atoms with Crippen molar-refractivity contribution in [1.29, 1.82) is 0 Å². The summed E-state index contributed by atoms with van der Waals surface area (Å²) in [7, 11) is 2.42. The summed E-state index contributed by atoms with van der Waals surface area (Å²) >= 11 is 0. The van der Waals surface area contributed by atoms with Crippen LogP contribution in [0.15, 0.2) is 42.5 Å². The predicted molar refractivity (Wildman–Crippen MR) is 215 cm³/mol. The highest BCUT2D eigenvalue weighted by Crippen LogP contribution is 2.77. The summed E-state index contributed by atoms with van der Waals surface area (Å²) in [6.45, 7) is 27.5. The van der Waals surface area contributed by atoms with Crippen LogP contribution in [0.5, 0.6) is 0 Å². The first-order chi connectivity index (χ1) is 24.7. The summed E-state index contributed by atoms with van der Waals surface area (Å²) in [5.74, 6) is 2.17. The number of likely N-dealkylation sites (tertiary alicyclic amines) is 1. The quantitative estimate of drug-likeness (QED) is 0.306. The zero-order chi connectivity index (χ0) is 38.5. The smallest absolute Gasteiger partial charge is 0.410 e. The van der Waals surface area contributed by atoms with Crippen molar-refractivity contribution in [3.05, 3.63) is 53.6 Å². The Morgan fingerprint density at radius 2 is 1.60 bits per heavy atom. The first-order valence-corrected chi connectivity index (χ1v) is 21.1. The number of rotatable bonds is 5. The Balaban J connectivity index is 1.18. The molecule has 53 heavy (non-hydrogen) atoms. The second-order valence-corrected chi connectivity index (χ2v) is 21.0. The Hall–Kier alpha value is -2.60. The largest absolute Gasteiger partial charge is 0.478 e. The molecule has 10 atom stereocenters. The molecule has 1 saturated heterocycles. The van der Waals surface area contributed by atoms with Crippen LogP contribution in [0.1, 0.15) is 149 Å². The highest BCUT2D eigenvalue weighted by Gasteiger charge is 2.71. The van der Waals surface area contributed by atoms with Crippen molar-refractivity contribution in [1.82, 2.24) is 9.80 Å². The van der Waals surface area contributed by atoms with E-state index in [1.165, 1.54) is 68.1 Å². The number of allylic oxidation sites excluding steroid dienone is 3. The summed E-state index contributed by atoms with van der Waals surface area (Å²) in [6, 6.07) is 7.96. The molecule has 0 aromatic heterocycles. The summed E-state index contributed by atoms with van der Waals surface area (Å²) in [5.41, 5.74) is 4.70. The molecule has 0 bridgehead atoms.